The average Bonchev–Trinajstić information content (AvgIpc) is 2.85. The van der Waals surface area contributed by atoms with Crippen molar-refractivity contribution < 1.29 is 4.74 Å². The van der Waals surface area contributed by atoms with Crippen molar-refractivity contribution in [2.45, 2.75) is 0 Å². The number of hydrogen-bond donors (Lipinski definition) is 1. The minimum atomic E-state index is 0.185. The second-order valence-corrected chi connectivity index (χ2v) is 4.01. The molecule has 3 aromatic rings. The topological polar surface area (TPSA) is 63.7 Å². The summed E-state index contributed by atoms with van der Waals surface area (Å²) in [5, 5.41) is 7.02. The lowest BCUT2D eigenvalue weighted by atomic mass is 10.1. The monoisotopic (exact) mass is 260 g/mol. The Labute approximate surface area is 108 Å². The zero-order valence-corrected chi connectivity index (χ0v) is 10.3. The molecule has 0 amide bonds. The van der Waals surface area contributed by atoms with Crippen LogP contribution in [0.25, 0.3) is 22.3 Å². The molecule has 90 valence electrons. The molecule has 0 spiro atoms. The van der Waals surface area contributed by atoms with E-state index in [2.05, 4.69) is 20.2 Å². The van der Waals surface area contributed by atoms with Gasteiger partial charge in [-0.1, -0.05) is 12.1 Å². The largest absolute Gasteiger partial charge is 0.496 e. The molecule has 0 unspecified atom stereocenters. The fraction of sp³-hybridized carbons (Fsp3) is 0.0833. The summed E-state index contributed by atoms with van der Waals surface area (Å²) in [4.78, 5) is 8.35. The quantitative estimate of drug-likeness (QED) is 0.720. The Morgan fingerprint density at radius 3 is 2.89 bits per heavy atom. The average molecular weight is 261 g/mol. The van der Waals surface area contributed by atoms with Crippen molar-refractivity contribution in [3.8, 4) is 17.0 Å². The number of aromatic amines is 1. The van der Waals surface area contributed by atoms with E-state index in [4.69, 9.17) is 16.3 Å². The van der Waals surface area contributed by atoms with Crippen LogP contribution in [0, 0.1) is 0 Å². The highest BCUT2D eigenvalue weighted by atomic mass is 35.5. The van der Waals surface area contributed by atoms with Gasteiger partial charge in [0.1, 0.15) is 22.5 Å². The first-order chi connectivity index (χ1) is 8.79. The number of hydrogen-bond acceptors (Lipinski definition) is 4. The van der Waals surface area contributed by atoms with Gasteiger partial charge in [-0.25, -0.2) is 9.97 Å². The van der Waals surface area contributed by atoms with Gasteiger partial charge >= 0.3 is 0 Å². The number of rotatable bonds is 2. The van der Waals surface area contributed by atoms with Crippen molar-refractivity contribution in [3.05, 3.63) is 35.7 Å². The molecule has 2 heterocycles. The second-order valence-electron chi connectivity index (χ2n) is 3.67. The van der Waals surface area contributed by atoms with Gasteiger partial charge in [-0.15, -0.1) is 0 Å². The van der Waals surface area contributed by atoms with Crippen LogP contribution in [0.15, 0.2) is 30.5 Å². The summed E-state index contributed by atoms with van der Waals surface area (Å²) in [6.07, 6.45) is 1.61. The molecule has 6 heteroatoms. The maximum Gasteiger partial charge on any atom is 0.223 e. The summed E-state index contributed by atoms with van der Waals surface area (Å²) >= 11 is 5.92. The standard InChI is InChI=1S/C12H9ClN4O/c1-18-9-5-3-2-4-7(9)10-11-8(6-14-17-11)15-12(13)16-10/h2-6H,1H3,(H,14,17). The Hall–Kier alpha value is -2.14. The third-order valence-corrected chi connectivity index (χ3v) is 2.80. The number of halogens is 1. The molecule has 0 fully saturated rings. The maximum atomic E-state index is 5.92. The minimum absolute atomic E-state index is 0.185. The van der Waals surface area contributed by atoms with Crippen LogP contribution in [0.3, 0.4) is 0 Å². The van der Waals surface area contributed by atoms with Crippen molar-refractivity contribution in [1.82, 2.24) is 20.2 Å². The fourth-order valence-corrected chi connectivity index (χ4v) is 2.02. The molecule has 2 aromatic heterocycles. The van der Waals surface area contributed by atoms with E-state index in [9.17, 15) is 0 Å². The summed E-state index contributed by atoms with van der Waals surface area (Å²) in [7, 11) is 1.62. The van der Waals surface area contributed by atoms with Gasteiger partial charge in [0.05, 0.1) is 13.3 Å². The third kappa shape index (κ3) is 1.69. The molecule has 0 radical (unpaired) electrons. The summed E-state index contributed by atoms with van der Waals surface area (Å²) in [6.45, 7) is 0. The number of H-pyrrole nitrogens is 1. The molecular weight excluding hydrogens is 252 g/mol. The molecule has 3 rings (SSSR count). The van der Waals surface area contributed by atoms with Crippen LogP contribution < -0.4 is 4.74 Å². The fourth-order valence-electron chi connectivity index (χ4n) is 1.85. The molecule has 1 N–H and O–H groups in total. The van der Waals surface area contributed by atoms with Crippen LogP contribution in [0.5, 0.6) is 5.75 Å². The SMILES string of the molecule is COc1ccccc1-c1nc(Cl)nc2cn[nH]c12. The molecule has 1 aromatic carbocycles. The smallest absolute Gasteiger partial charge is 0.223 e. The van der Waals surface area contributed by atoms with Gasteiger partial charge in [-0.3, -0.25) is 5.10 Å². The Morgan fingerprint density at radius 1 is 1.22 bits per heavy atom. The number of nitrogens with zero attached hydrogens (tertiary/aromatic N) is 3. The third-order valence-electron chi connectivity index (χ3n) is 2.63. The molecule has 0 saturated carbocycles. The molecule has 0 bridgehead atoms. The molecule has 0 aliphatic carbocycles. The van der Waals surface area contributed by atoms with Crippen molar-refractivity contribution in [1.29, 1.82) is 0 Å². The van der Waals surface area contributed by atoms with Gasteiger partial charge in [-0.05, 0) is 23.7 Å². The molecule has 5 nitrogen and oxygen atoms in total. The second kappa shape index (κ2) is 4.27. The van der Waals surface area contributed by atoms with Gasteiger partial charge in [0, 0.05) is 5.56 Å². The van der Waals surface area contributed by atoms with Crippen molar-refractivity contribution in [3.63, 3.8) is 0 Å². The Balaban J connectivity index is 2.34. The van der Waals surface area contributed by atoms with E-state index >= 15 is 0 Å². The molecule has 0 saturated heterocycles. The molecule has 0 atom stereocenters. The van der Waals surface area contributed by atoms with E-state index in [1.54, 1.807) is 13.3 Å². The van der Waals surface area contributed by atoms with Gasteiger partial charge in [-0.2, -0.15) is 5.10 Å². The first-order valence-corrected chi connectivity index (χ1v) is 5.67. The first kappa shape index (κ1) is 11.0. The van der Waals surface area contributed by atoms with E-state index in [0.717, 1.165) is 16.8 Å². The van der Waals surface area contributed by atoms with Crippen LogP contribution >= 0.6 is 11.6 Å². The van der Waals surface area contributed by atoms with Gasteiger partial charge in [0.25, 0.3) is 0 Å². The van der Waals surface area contributed by atoms with Crippen LogP contribution in [-0.4, -0.2) is 27.3 Å². The minimum Gasteiger partial charge on any atom is -0.496 e. The van der Waals surface area contributed by atoms with E-state index in [1.807, 2.05) is 24.3 Å². The van der Waals surface area contributed by atoms with E-state index in [-0.39, 0.29) is 5.28 Å². The Morgan fingerprint density at radius 2 is 2.06 bits per heavy atom. The highest BCUT2D eigenvalue weighted by Crippen LogP contribution is 2.32. The van der Waals surface area contributed by atoms with E-state index in [0.29, 0.717) is 11.2 Å². The van der Waals surface area contributed by atoms with Crippen LogP contribution in [0.2, 0.25) is 5.28 Å². The number of para-hydroxylation sites is 1. The summed E-state index contributed by atoms with van der Waals surface area (Å²) in [6, 6.07) is 7.59. The van der Waals surface area contributed by atoms with Gasteiger partial charge in [0.15, 0.2) is 0 Å². The number of methoxy groups -OCH3 is 1. The van der Waals surface area contributed by atoms with E-state index in [1.165, 1.54) is 0 Å². The summed E-state index contributed by atoms with van der Waals surface area (Å²) in [5.74, 6) is 0.725. The van der Waals surface area contributed by atoms with Crippen LogP contribution in [-0.2, 0) is 0 Å². The summed E-state index contributed by atoms with van der Waals surface area (Å²) < 4.78 is 5.33. The van der Waals surface area contributed by atoms with Gasteiger partial charge < -0.3 is 4.74 Å². The lowest BCUT2D eigenvalue weighted by Crippen LogP contribution is -1.93. The normalized spacial score (nSPS) is 10.8. The first-order valence-electron chi connectivity index (χ1n) is 5.29. The Bertz CT molecular complexity index is 710. The van der Waals surface area contributed by atoms with Crippen LogP contribution in [0.4, 0.5) is 0 Å². The lowest BCUT2D eigenvalue weighted by molar-refractivity contribution is 0.416. The van der Waals surface area contributed by atoms with Crippen LogP contribution in [0.1, 0.15) is 0 Å². The zero-order valence-electron chi connectivity index (χ0n) is 9.51. The number of benzene rings is 1. The van der Waals surface area contributed by atoms with Crippen molar-refractivity contribution >= 4 is 22.6 Å². The molecular formula is C12H9ClN4O. The van der Waals surface area contributed by atoms with Crippen molar-refractivity contribution in [2.24, 2.45) is 0 Å². The Kier molecular flexibility index (Phi) is 2.60. The highest BCUT2D eigenvalue weighted by Gasteiger charge is 2.13. The predicted molar refractivity (Wildman–Crippen MR) is 68.7 cm³/mol. The maximum absolute atomic E-state index is 5.92. The predicted octanol–water partition coefficient (Wildman–Crippen LogP) is 2.68. The molecule has 0 aliphatic heterocycles. The summed E-state index contributed by atoms with van der Waals surface area (Å²) in [5.41, 5.74) is 2.94. The number of nitrogens with one attached hydrogen (secondary N) is 1. The number of fused-ring (bicyclic) bond motifs is 1. The molecule has 18 heavy (non-hydrogen) atoms. The lowest BCUT2D eigenvalue weighted by Gasteiger charge is -2.08. The van der Waals surface area contributed by atoms with E-state index < -0.39 is 0 Å². The van der Waals surface area contributed by atoms with Crippen molar-refractivity contribution in [2.75, 3.05) is 7.11 Å². The number of ether oxygens (including phenoxy) is 1. The zero-order chi connectivity index (χ0) is 12.5. The molecule has 0 aliphatic rings. The highest BCUT2D eigenvalue weighted by molar-refractivity contribution is 6.28. The number of aromatic nitrogens is 4. The van der Waals surface area contributed by atoms with Gasteiger partial charge in [0.2, 0.25) is 5.28 Å².